The van der Waals surface area contributed by atoms with Crippen molar-refractivity contribution in [1.29, 1.82) is 0 Å². The first-order chi connectivity index (χ1) is 30.7. The van der Waals surface area contributed by atoms with Crippen LogP contribution in [0.1, 0.15) is 437 Å². The number of ketones is 3. The van der Waals surface area contributed by atoms with Crippen molar-refractivity contribution in [3.63, 3.8) is 0 Å². The molecule has 4 rings (SSSR count). The van der Waals surface area contributed by atoms with Crippen molar-refractivity contribution in [2.24, 2.45) is 35.5 Å². The maximum atomic E-state index is 14.4. The Hall–Kier alpha value is -3.37. The van der Waals surface area contributed by atoms with E-state index in [4.69, 9.17) is 23.7 Å². The summed E-state index contributed by atoms with van der Waals surface area (Å²) in [5, 5.41) is 33.8. The molecule has 1 aliphatic carbocycles. The maximum absolute atomic E-state index is 14.4. The Morgan fingerprint density at radius 2 is 0.963 bits per heavy atom. The van der Waals surface area contributed by atoms with Crippen molar-refractivity contribution in [2.45, 2.75) is 492 Å². The number of aliphatic hydroxyl groups is 3. The van der Waals surface area contributed by atoms with Crippen molar-refractivity contribution in [1.82, 2.24) is 4.90 Å². The average molecular weight is 1590 g/mol. The highest BCUT2D eigenvalue weighted by molar-refractivity contribution is 6.39. The first-order valence-electron chi connectivity index (χ1n) is 23.9. The van der Waals surface area contributed by atoms with E-state index in [-0.39, 0.29) is 367 Å². The molecule has 0 unspecified atom stereocenters. The number of nitrogens with zero attached hydrogens (tertiary/aromatic N) is 1. The highest BCUT2D eigenvalue weighted by Gasteiger charge is 2.53. The molecular formula is C93H247NO13. The number of piperidine rings is 1. The Morgan fingerprint density at radius 3 is 1.37 bits per heavy atom. The van der Waals surface area contributed by atoms with E-state index >= 15 is 0 Å². The van der Waals surface area contributed by atoms with Gasteiger partial charge in [0, 0.05) is 58.5 Å². The van der Waals surface area contributed by atoms with Gasteiger partial charge in [-0.3, -0.25) is 19.2 Å². The lowest BCUT2D eigenvalue weighted by Crippen LogP contribution is -2.61. The minimum atomic E-state index is -2.43. The molecule has 2 saturated heterocycles. The lowest BCUT2D eigenvalue weighted by molar-refractivity contribution is -0.265. The highest BCUT2D eigenvalue weighted by atomic mass is 16.6. The molecule has 4 aliphatic rings. The number of Topliss-reactive ketones (excluding diaryl/α,β-unsaturated/α-hetero) is 3. The molecule has 1 saturated carbocycles. The predicted molar refractivity (Wildman–Crippen MR) is 528 cm³/mol. The second kappa shape index (κ2) is 124. The van der Waals surface area contributed by atoms with Crippen LogP contribution >= 0.6 is 0 Å². The molecule has 3 heterocycles. The average Bonchev–Trinajstić information content (AvgIpc) is 3.28. The van der Waals surface area contributed by atoms with Gasteiger partial charge >= 0.3 is 5.97 Å². The Labute approximate surface area is 696 Å². The molecule has 3 aliphatic heterocycles. The van der Waals surface area contributed by atoms with E-state index in [2.05, 4.69) is 0 Å². The van der Waals surface area contributed by atoms with Crippen LogP contribution in [0.4, 0.5) is 0 Å². The van der Waals surface area contributed by atoms with Gasteiger partial charge in [0.1, 0.15) is 30.1 Å². The smallest absolute Gasteiger partial charge is 0.329 e. The molecular weight excluding hydrogens is 1340 g/mol. The van der Waals surface area contributed by atoms with Crippen molar-refractivity contribution < 1.29 is 63.0 Å². The number of aliphatic hydroxyl groups excluding tert-OH is 2. The summed E-state index contributed by atoms with van der Waals surface area (Å²) in [6, 6.07) is -1.14. The van der Waals surface area contributed by atoms with Crippen LogP contribution in [0.5, 0.6) is 0 Å². The van der Waals surface area contributed by atoms with Gasteiger partial charge in [-0.1, -0.05) is 383 Å². The van der Waals surface area contributed by atoms with Crippen molar-refractivity contribution in [3.05, 3.63) is 47.6 Å². The van der Waals surface area contributed by atoms with E-state index in [9.17, 15) is 39.3 Å². The molecule has 0 radical (unpaired) electrons. The molecule has 15 atom stereocenters. The van der Waals surface area contributed by atoms with Gasteiger partial charge in [-0.25, -0.2) is 4.79 Å². The number of carbonyl (C=O) groups is 5. The summed E-state index contributed by atoms with van der Waals surface area (Å²) in [5.74, 6) is -7.96. The Bertz CT molecular complexity index is 1770. The third kappa shape index (κ3) is 71.4. The van der Waals surface area contributed by atoms with Gasteiger partial charge in [0.05, 0.1) is 24.4 Å². The number of hydrogen-bond donors (Lipinski definition) is 3. The van der Waals surface area contributed by atoms with Crippen LogP contribution in [0.2, 0.25) is 0 Å². The largest absolute Gasteiger partial charge is 0.460 e. The topological polar surface area (TPSA) is 195 Å². The number of cyclic esters (lactones) is 1. The molecule has 0 aromatic carbocycles. The number of methoxy groups -OCH3 is 3. The van der Waals surface area contributed by atoms with Gasteiger partial charge in [0.15, 0.2) is 5.78 Å². The fourth-order valence-corrected chi connectivity index (χ4v) is 10.1. The van der Waals surface area contributed by atoms with Crippen LogP contribution in [-0.2, 0) is 47.7 Å². The standard InChI is InChI=1S/C51H79NO13.42CH4/c1-30-16-12-11-13-17-31(2)42(61-8)28-38-21-19-36(7)51(60,65-38)48(57)49(58)52-23-15-14-18-39(52)50(59)64-43(33(4)26-37-20-22-40(53)44(27-37)62-9)29-41(54)32(3)25-35(6)46(56)47(63-10)45(55)34(5)24-30;;;;;;;;;;;;;;;;;;;;;;;;;;;;;;;;;;;;;;;;;;/h11-13,16-17,25,30,32-34,36-40,42-44,46-47,53,56,60H,14-15,18-24,26-29H2,1-10H3;42*1H4/b13-11?,16-12+,31-17?,35-25+;;;;;;;;;;;;;;;;;;;;;;;;;;;;;;;;;;;;;;;;;;/t30-,32-,33-,34-,36-,37+,38+,39+,40-,42+,43-,44-,46-,47+,51-;;;;;;;;;;;;;;;;;;;;;;;;;;;;;;;;;;;;;;;;;;/m1........................................../s1. The van der Waals surface area contributed by atoms with Crippen LogP contribution in [0, 0.1) is 35.5 Å². The lowest BCUT2D eigenvalue weighted by Gasteiger charge is -2.42. The summed E-state index contributed by atoms with van der Waals surface area (Å²) in [4.78, 5) is 71.8. The minimum Gasteiger partial charge on any atom is -0.460 e. The summed E-state index contributed by atoms with van der Waals surface area (Å²) < 4.78 is 29.4. The number of allylic oxidation sites excluding steroid dienone is 6. The zero-order chi connectivity index (χ0) is 48.2. The van der Waals surface area contributed by atoms with E-state index in [0.29, 0.717) is 63.4 Å². The zero-order valence-electron chi connectivity index (χ0n) is 40.6. The lowest BCUT2D eigenvalue weighted by atomic mass is 9.78. The summed E-state index contributed by atoms with van der Waals surface area (Å²) in [6.07, 6.45) is 11.2. The first kappa shape index (κ1) is 261. The van der Waals surface area contributed by atoms with E-state index in [1.165, 1.54) is 12.0 Å². The van der Waals surface area contributed by atoms with Crippen molar-refractivity contribution in [3.8, 4) is 0 Å². The summed E-state index contributed by atoms with van der Waals surface area (Å²) in [7, 11) is 4.52. The summed E-state index contributed by atoms with van der Waals surface area (Å²) >= 11 is 0. The quantitative estimate of drug-likeness (QED) is 0.129. The molecule has 2 bridgehead atoms. The third-order valence-corrected chi connectivity index (χ3v) is 14.5. The molecule has 702 valence electrons. The number of rotatable bonds is 6. The van der Waals surface area contributed by atoms with E-state index in [0.717, 1.165) is 12.0 Å². The normalized spacial score (nSPS) is 23.8. The Morgan fingerprint density at radius 1 is 0.523 bits per heavy atom. The van der Waals surface area contributed by atoms with Gasteiger partial charge in [0.25, 0.3) is 11.7 Å². The number of fused-ring (bicyclic) bond motifs is 3. The second-order valence-electron chi connectivity index (χ2n) is 19.6. The maximum Gasteiger partial charge on any atom is 0.329 e. The number of hydrogen-bond acceptors (Lipinski definition) is 13. The Kier molecular flexibility index (Phi) is 302. The molecule has 1 amide bonds. The van der Waals surface area contributed by atoms with Crippen LogP contribution in [0.15, 0.2) is 47.6 Å². The first-order valence-corrected chi connectivity index (χ1v) is 23.9. The van der Waals surface area contributed by atoms with Gasteiger partial charge in [-0.2, -0.15) is 0 Å². The van der Waals surface area contributed by atoms with Crippen LogP contribution in [0.3, 0.4) is 0 Å². The fraction of sp³-hybridized carbons (Fsp3) is 0.860. The van der Waals surface area contributed by atoms with E-state index in [1.54, 1.807) is 41.1 Å². The molecule has 0 aromatic rings. The summed E-state index contributed by atoms with van der Waals surface area (Å²) in [5.41, 5.74) is 1.27. The van der Waals surface area contributed by atoms with E-state index in [1.807, 2.05) is 58.1 Å². The molecule has 107 heavy (non-hydrogen) atoms. The molecule has 14 nitrogen and oxygen atoms in total. The number of esters is 1. The number of ether oxygens (including phenoxy) is 5. The SMILES string of the molecule is C.C.C.C.C.C.C.C.C.C.C.C.C.C.C.C.C.C.C.C.C.C.C.C.C.C.C.C.C.C.C.C.C.C.C.C.C.C.C.C.C.C.CO[C@H]1C[C@@H]2CC[C@@H](C)[C@@](O)(O2)C(=O)C(=O)N2CCCC[C@H]2C(=O)O[C@@H]([C@H](C)C[C@@H]2CC[C@@H](O)[C@H](OC)C2)CC(=O)[C@H](C)/C=C(\C)[C@@H](O)[C@@H](OC)C(=O)[C@H](C)C[C@H](C)/C=C/C=CC=C1C. The third-order valence-electron chi connectivity index (χ3n) is 14.5. The minimum absolute atomic E-state index is 0. The van der Waals surface area contributed by atoms with Gasteiger partial charge in [-0.05, 0) is 107 Å². The molecule has 0 spiro atoms. The Balaban J connectivity index is -0.0000000298. The molecule has 0 aromatic heterocycles. The monoisotopic (exact) mass is 1590 g/mol. The number of carbonyl (C=O) groups excluding carboxylic acids is 5. The molecule has 3 N–H and O–H groups in total. The summed E-state index contributed by atoms with van der Waals surface area (Å²) in [6.45, 7) is 12.7. The van der Waals surface area contributed by atoms with Crippen molar-refractivity contribution >= 4 is 29.2 Å². The van der Waals surface area contributed by atoms with Gasteiger partial charge < -0.3 is 43.9 Å². The fourth-order valence-electron chi connectivity index (χ4n) is 10.1. The van der Waals surface area contributed by atoms with E-state index < -0.39 is 83.9 Å². The molecule has 3 fully saturated rings. The second-order valence-corrected chi connectivity index (χ2v) is 19.6. The van der Waals surface area contributed by atoms with Crippen molar-refractivity contribution in [2.75, 3.05) is 27.9 Å². The zero-order valence-corrected chi connectivity index (χ0v) is 40.6. The predicted octanol–water partition coefficient (Wildman–Crippen LogP) is 32.9. The number of amides is 1. The molecule has 14 heteroatoms. The van der Waals surface area contributed by atoms with Crippen LogP contribution in [0.25, 0.3) is 0 Å². The van der Waals surface area contributed by atoms with Crippen LogP contribution < -0.4 is 0 Å². The highest BCUT2D eigenvalue weighted by Crippen LogP contribution is 2.38. The van der Waals surface area contributed by atoms with Crippen LogP contribution in [-0.4, -0.2) is 132 Å². The van der Waals surface area contributed by atoms with Gasteiger partial charge in [-0.15, -0.1) is 0 Å². The van der Waals surface area contributed by atoms with Gasteiger partial charge in [0.2, 0.25) is 5.79 Å².